The van der Waals surface area contributed by atoms with Gasteiger partial charge in [0.1, 0.15) is 6.07 Å². The van der Waals surface area contributed by atoms with Gasteiger partial charge in [-0.15, -0.1) is 12.6 Å². The highest BCUT2D eigenvalue weighted by atomic mass is 35.5. The average Bonchev–Trinajstić information content (AvgIpc) is 2.69. The Morgan fingerprint density at radius 1 is 1.47 bits per heavy atom. The molecule has 5 heteroatoms. The summed E-state index contributed by atoms with van der Waals surface area (Å²) >= 11 is 11.5. The van der Waals surface area contributed by atoms with Crippen LogP contribution in [0.1, 0.15) is 5.56 Å². The Hall–Kier alpha value is -1.02. The Labute approximate surface area is 102 Å². The molecular weight excluding hydrogens is 248 g/mol. The minimum atomic E-state index is 0.402. The third-order valence-corrected chi connectivity index (χ3v) is 3.13. The predicted molar refractivity (Wildman–Crippen MR) is 64.5 cm³/mol. The summed E-state index contributed by atoms with van der Waals surface area (Å²) in [4.78, 5) is 0.577. The number of rotatable bonds is 1. The Morgan fingerprint density at radius 2 is 2.27 bits per heavy atom. The summed E-state index contributed by atoms with van der Waals surface area (Å²) in [6.07, 6.45) is 0. The SMILES string of the molecule is N#Cc1c(S)cc(-c2ccsn2)cc1Cl. The highest BCUT2D eigenvalue weighted by Crippen LogP contribution is 2.29. The van der Waals surface area contributed by atoms with Crippen LogP contribution in [0.5, 0.6) is 0 Å². The molecule has 1 heterocycles. The molecule has 2 aromatic rings. The molecule has 0 N–H and O–H groups in total. The fraction of sp³-hybridized carbons (Fsp3) is 0. The molecule has 0 saturated heterocycles. The maximum Gasteiger partial charge on any atom is 0.102 e. The molecule has 0 atom stereocenters. The lowest BCUT2D eigenvalue weighted by molar-refractivity contribution is 1.36. The number of halogens is 1. The van der Waals surface area contributed by atoms with Crippen LogP contribution in [0.25, 0.3) is 11.3 Å². The predicted octanol–water partition coefficient (Wildman–Crippen LogP) is 3.62. The molecular formula is C10H5ClN2S2. The molecule has 15 heavy (non-hydrogen) atoms. The summed E-state index contributed by atoms with van der Waals surface area (Å²) in [6.45, 7) is 0. The van der Waals surface area contributed by atoms with Gasteiger partial charge in [0.2, 0.25) is 0 Å². The van der Waals surface area contributed by atoms with Gasteiger partial charge in [0.25, 0.3) is 0 Å². The van der Waals surface area contributed by atoms with Crippen LogP contribution in [0.4, 0.5) is 0 Å². The van der Waals surface area contributed by atoms with Crippen LogP contribution in [0.15, 0.2) is 28.5 Å². The molecule has 1 aromatic heterocycles. The quantitative estimate of drug-likeness (QED) is 0.787. The first-order valence-corrected chi connectivity index (χ1v) is 5.72. The van der Waals surface area contributed by atoms with E-state index in [1.54, 1.807) is 12.1 Å². The molecule has 0 aliphatic rings. The minimum Gasteiger partial charge on any atom is -0.193 e. The van der Waals surface area contributed by atoms with Gasteiger partial charge in [-0.3, -0.25) is 0 Å². The Morgan fingerprint density at radius 3 is 2.80 bits per heavy atom. The smallest absolute Gasteiger partial charge is 0.102 e. The zero-order valence-electron chi connectivity index (χ0n) is 7.44. The Balaban J connectivity index is 2.59. The van der Waals surface area contributed by atoms with Crippen LogP contribution in [-0.4, -0.2) is 4.37 Å². The first-order chi connectivity index (χ1) is 7.22. The first kappa shape index (κ1) is 10.5. The second-order valence-corrected chi connectivity index (χ2v) is 4.40. The molecule has 0 unspecified atom stereocenters. The van der Waals surface area contributed by atoms with Gasteiger partial charge >= 0.3 is 0 Å². The van der Waals surface area contributed by atoms with Crippen LogP contribution >= 0.6 is 35.8 Å². The van der Waals surface area contributed by atoms with Crippen LogP contribution in [-0.2, 0) is 0 Å². The molecule has 0 radical (unpaired) electrons. The lowest BCUT2D eigenvalue weighted by Gasteiger charge is -2.02. The second kappa shape index (κ2) is 4.23. The number of aromatic nitrogens is 1. The summed E-state index contributed by atoms with van der Waals surface area (Å²) in [5.41, 5.74) is 2.13. The Kier molecular flexibility index (Phi) is 2.96. The number of thiol groups is 1. The van der Waals surface area contributed by atoms with Crippen molar-refractivity contribution in [3.63, 3.8) is 0 Å². The molecule has 2 nitrogen and oxygen atoms in total. The summed E-state index contributed by atoms with van der Waals surface area (Å²) < 4.78 is 4.19. The fourth-order valence-electron chi connectivity index (χ4n) is 1.21. The molecule has 0 spiro atoms. The van der Waals surface area contributed by atoms with E-state index < -0.39 is 0 Å². The zero-order chi connectivity index (χ0) is 10.8. The average molecular weight is 253 g/mol. The van der Waals surface area contributed by atoms with Gasteiger partial charge in [-0.2, -0.15) is 9.64 Å². The number of nitriles is 1. The van der Waals surface area contributed by atoms with E-state index in [4.69, 9.17) is 16.9 Å². The van der Waals surface area contributed by atoms with Gasteiger partial charge in [0, 0.05) is 15.8 Å². The maximum absolute atomic E-state index is 8.82. The van der Waals surface area contributed by atoms with E-state index in [2.05, 4.69) is 17.0 Å². The van der Waals surface area contributed by atoms with E-state index in [0.717, 1.165) is 11.3 Å². The van der Waals surface area contributed by atoms with Crippen LogP contribution in [0.3, 0.4) is 0 Å². The van der Waals surface area contributed by atoms with Crippen molar-refractivity contribution in [3.8, 4) is 17.3 Å². The molecule has 1 aromatic carbocycles. The van der Waals surface area contributed by atoms with Crippen molar-refractivity contribution in [2.24, 2.45) is 0 Å². The van der Waals surface area contributed by atoms with E-state index >= 15 is 0 Å². The van der Waals surface area contributed by atoms with Crippen molar-refractivity contribution in [1.82, 2.24) is 4.37 Å². The summed E-state index contributed by atoms with van der Waals surface area (Å²) in [6, 6.07) is 7.43. The van der Waals surface area contributed by atoms with Crippen molar-refractivity contribution in [2.45, 2.75) is 4.90 Å². The van der Waals surface area contributed by atoms with Gasteiger partial charge in [0.15, 0.2) is 0 Å². The summed E-state index contributed by atoms with van der Waals surface area (Å²) in [5.74, 6) is 0. The van der Waals surface area contributed by atoms with E-state index in [1.807, 2.05) is 17.5 Å². The lowest BCUT2D eigenvalue weighted by Crippen LogP contribution is -1.84. The number of nitrogens with zero attached hydrogens (tertiary/aromatic N) is 2. The molecule has 2 rings (SSSR count). The zero-order valence-corrected chi connectivity index (χ0v) is 9.90. The number of benzene rings is 1. The lowest BCUT2D eigenvalue weighted by atomic mass is 10.1. The third-order valence-electron chi connectivity index (χ3n) is 1.91. The van der Waals surface area contributed by atoms with Crippen LogP contribution in [0, 0.1) is 11.3 Å². The first-order valence-electron chi connectivity index (χ1n) is 4.05. The van der Waals surface area contributed by atoms with E-state index in [1.165, 1.54) is 11.5 Å². The second-order valence-electron chi connectivity index (χ2n) is 2.85. The highest BCUT2D eigenvalue weighted by Gasteiger charge is 2.08. The van der Waals surface area contributed by atoms with Crippen molar-refractivity contribution in [3.05, 3.63) is 34.2 Å². The van der Waals surface area contributed by atoms with Gasteiger partial charge < -0.3 is 0 Å². The number of hydrogen-bond donors (Lipinski definition) is 1. The normalized spacial score (nSPS) is 9.93. The van der Waals surface area contributed by atoms with Gasteiger partial charge in [-0.05, 0) is 29.7 Å². The van der Waals surface area contributed by atoms with Gasteiger partial charge in [-0.1, -0.05) is 11.6 Å². The van der Waals surface area contributed by atoms with Crippen molar-refractivity contribution < 1.29 is 0 Å². The van der Waals surface area contributed by atoms with Crippen molar-refractivity contribution in [1.29, 1.82) is 5.26 Å². The Bertz CT molecular complexity index is 506. The van der Waals surface area contributed by atoms with Gasteiger partial charge in [0.05, 0.1) is 16.3 Å². The molecule has 0 bridgehead atoms. The molecule has 0 aliphatic carbocycles. The maximum atomic E-state index is 8.82. The standard InChI is InChI=1S/C10H5ClN2S2/c11-8-3-6(9-1-2-15-13-9)4-10(14)7(8)5-12/h1-4,14H. The van der Waals surface area contributed by atoms with E-state index in [-0.39, 0.29) is 0 Å². The minimum absolute atomic E-state index is 0.402. The fourth-order valence-corrected chi connectivity index (χ4v) is 2.38. The molecule has 0 saturated carbocycles. The van der Waals surface area contributed by atoms with Crippen molar-refractivity contribution in [2.75, 3.05) is 0 Å². The number of hydrogen-bond acceptors (Lipinski definition) is 4. The molecule has 74 valence electrons. The topological polar surface area (TPSA) is 36.7 Å². The van der Waals surface area contributed by atoms with Crippen molar-refractivity contribution >= 4 is 35.8 Å². The van der Waals surface area contributed by atoms with Crippen LogP contribution < -0.4 is 0 Å². The highest BCUT2D eigenvalue weighted by molar-refractivity contribution is 7.80. The summed E-state index contributed by atoms with van der Waals surface area (Å²) in [5, 5.41) is 11.1. The summed E-state index contributed by atoms with van der Waals surface area (Å²) in [7, 11) is 0. The molecule has 0 fully saturated rings. The molecule has 0 amide bonds. The third kappa shape index (κ3) is 2.00. The van der Waals surface area contributed by atoms with E-state index in [0.29, 0.717) is 15.5 Å². The van der Waals surface area contributed by atoms with Crippen LogP contribution in [0.2, 0.25) is 5.02 Å². The molecule has 0 aliphatic heterocycles. The van der Waals surface area contributed by atoms with E-state index in [9.17, 15) is 0 Å². The monoisotopic (exact) mass is 252 g/mol. The largest absolute Gasteiger partial charge is 0.193 e. The van der Waals surface area contributed by atoms with Gasteiger partial charge in [-0.25, -0.2) is 0 Å².